The van der Waals surface area contributed by atoms with Crippen molar-refractivity contribution < 1.29 is 14.7 Å². The number of oxime groups is 1. The molecule has 0 saturated heterocycles. The monoisotopic (exact) mass is 290 g/mol. The van der Waals surface area contributed by atoms with Crippen LogP contribution < -0.4 is 9.47 Å². The summed E-state index contributed by atoms with van der Waals surface area (Å²) in [4.78, 5) is 0. The fraction of sp³-hybridized carbons (Fsp3) is 0.500. The van der Waals surface area contributed by atoms with E-state index in [0.29, 0.717) is 23.8 Å². The molecule has 0 unspecified atom stereocenters. The number of hydrogen-bond acceptors (Lipinski definition) is 5. The Labute approximate surface area is 125 Å². The Balaban J connectivity index is 2.66. The second-order valence-corrected chi connectivity index (χ2v) is 5.50. The topological polar surface area (TPSA) is 74.8 Å². The normalized spacial score (nSPS) is 11.9. The molecule has 1 aromatic rings. The molecule has 1 N–H and O–H groups in total. The highest BCUT2D eigenvalue weighted by Crippen LogP contribution is 2.29. The van der Waals surface area contributed by atoms with Crippen molar-refractivity contribution in [1.29, 1.82) is 5.26 Å². The Morgan fingerprint density at radius 1 is 1.38 bits per heavy atom. The fourth-order valence-electron chi connectivity index (χ4n) is 1.82. The molecule has 0 spiro atoms. The number of ether oxygens (including phenoxy) is 2. The average molecular weight is 290 g/mol. The minimum absolute atomic E-state index is 0.327. The summed E-state index contributed by atoms with van der Waals surface area (Å²) in [7, 11) is 1.57. The van der Waals surface area contributed by atoms with Gasteiger partial charge in [0.15, 0.2) is 11.5 Å². The van der Waals surface area contributed by atoms with E-state index >= 15 is 0 Å². The van der Waals surface area contributed by atoms with Crippen molar-refractivity contribution >= 4 is 5.71 Å². The molecular formula is C16H22N2O3. The Bertz CT molecular complexity index is 545. The number of rotatable bonds is 7. The third-order valence-corrected chi connectivity index (χ3v) is 3.24. The molecule has 0 atom stereocenters. The largest absolute Gasteiger partial charge is 0.493 e. The molecule has 5 heteroatoms. The maximum atomic E-state index is 8.96. The van der Waals surface area contributed by atoms with Crippen molar-refractivity contribution in [2.24, 2.45) is 10.6 Å². The zero-order valence-corrected chi connectivity index (χ0v) is 13.0. The van der Waals surface area contributed by atoms with Crippen LogP contribution in [0.5, 0.6) is 11.5 Å². The second kappa shape index (κ2) is 7.53. The van der Waals surface area contributed by atoms with E-state index < -0.39 is 0 Å². The van der Waals surface area contributed by atoms with Gasteiger partial charge in [-0.2, -0.15) is 5.26 Å². The van der Waals surface area contributed by atoms with Gasteiger partial charge in [-0.15, -0.1) is 0 Å². The van der Waals surface area contributed by atoms with Crippen LogP contribution in [-0.4, -0.2) is 24.6 Å². The van der Waals surface area contributed by atoms with E-state index in [1.165, 1.54) is 0 Å². The molecule has 0 fully saturated rings. The summed E-state index contributed by atoms with van der Waals surface area (Å²) in [5, 5.41) is 20.9. The zero-order valence-electron chi connectivity index (χ0n) is 13.0. The van der Waals surface area contributed by atoms with Crippen molar-refractivity contribution in [3.05, 3.63) is 23.8 Å². The standard InChI is InChI=1S/C16H22N2O3/c1-12(18-19)13-6-7-14(15(10-13)20-4)21-9-5-8-16(2,3)11-17/h6-7,10,19H,5,8-9H2,1-4H3. The average Bonchev–Trinajstić information content (AvgIpc) is 2.50. The van der Waals surface area contributed by atoms with Gasteiger partial charge in [-0.1, -0.05) is 5.16 Å². The Morgan fingerprint density at radius 3 is 2.67 bits per heavy atom. The van der Waals surface area contributed by atoms with Gasteiger partial charge in [-0.05, 0) is 51.8 Å². The molecule has 0 heterocycles. The summed E-state index contributed by atoms with van der Waals surface area (Å²) in [6, 6.07) is 7.64. The summed E-state index contributed by atoms with van der Waals surface area (Å²) in [6.07, 6.45) is 1.57. The molecule has 1 rings (SSSR count). The van der Waals surface area contributed by atoms with Crippen LogP contribution >= 0.6 is 0 Å². The van der Waals surface area contributed by atoms with Crippen LogP contribution in [0.2, 0.25) is 0 Å². The van der Waals surface area contributed by atoms with Gasteiger partial charge in [-0.3, -0.25) is 0 Å². The first-order valence-electron chi connectivity index (χ1n) is 6.84. The summed E-state index contributed by atoms with van der Waals surface area (Å²) >= 11 is 0. The van der Waals surface area contributed by atoms with Gasteiger partial charge in [-0.25, -0.2) is 0 Å². The van der Waals surface area contributed by atoms with E-state index in [0.717, 1.165) is 18.4 Å². The maximum Gasteiger partial charge on any atom is 0.161 e. The smallest absolute Gasteiger partial charge is 0.161 e. The van der Waals surface area contributed by atoms with Crippen molar-refractivity contribution in [1.82, 2.24) is 0 Å². The highest BCUT2D eigenvalue weighted by atomic mass is 16.5. The van der Waals surface area contributed by atoms with Gasteiger partial charge in [0.05, 0.1) is 30.9 Å². The lowest BCUT2D eigenvalue weighted by atomic mass is 9.90. The molecule has 0 saturated carbocycles. The molecule has 0 bridgehead atoms. The van der Waals surface area contributed by atoms with Crippen LogP contribution in [0.3, 0.4) is 0 Å². The number of hydrogen-bond donors (Lipinski definition) is 1. The Hall–Kier alpha value is -2.22. The molecule has 0 aliphatic carbocycles. The molecule has 5 nitrogen and oxygen atoms in total. The molecule has 0 aliphatic heterocycles. The van der Waals surface area contributed by atoms with Crippen molar-refractivity contribution in [2.75, 3.05) is 13.7 Å². The van der Waals surface area contributed by atoms with E-state index in [1.54, 1.807) is 26.2 Å². The van der Waals surface area contributed by atoms with Crippen LogP contribution in [0, 0.1) is 16.7 Å². The van der Waals surface area contributed by atoms with Crippen molar-refractivity contribution in [2.45, 2.75) is 33.6 Å². The highest BCUT2D eigenvalue weighted by molar-refractivity contribution is 5.98. The molecule has 0 amide bonds. The van der Waals surface area contributed by atoms with Crippen LogP contribution in [0.4, 0.5) is 0 Å². The van der Waals surface area contributed by atoms with Crippen LogP contribution in [0.25, 0.3) is 0 Å². The molecule has 114 valence electrons. The second-order valence-electron chi connectivity index (χ2n) is 5.50. The third kappa shape index (κ3) is 4.99. The zero-order chi connectivity index (χ0) is 15.9. The van der Waals surface area contributed by atoms with E-state index in [9.17, 15) is 0 Å². The van der Waals surface area contributed by atoms with E-state index in [1.807, 2.05) is 19.9 Å². The lowest BCUT2D eigenvalue weighted by Gasteiger charge is -2.16. The summed E-state index contributed by atoms with van der Waals surface area (Å²) < 4.78 is 11.0. The fourth-order valence-corrected chi connectivity index (χ4v) is 1.82. The van der Waals surface area contributed by atoms with Gasteiger partial charge in [0.1, 0.15) is 0 Å². The lowest BCUT2D eigenvalue weighted by Crippen LogP contribution is -2.10. The first-order chi connectivity index (χ1) is 9.93. The lowest BCUT2D eigenvalue weighted by molar-refractivity contribution is 0.270. The maximum absolute atomic E-state index is 8.96. The summed E-state index contributed by atoms with van der Waals surface area (Å²) in [6.45, 7) is 6.06. The molecule has 21 heavy (non-hydrogen) atoms. The number of nitriles is 1. The predicted octanol–water partition coefficient (Wildman–Crippen LogP) is 3.60. The van der Waals surface area contributed by atoms with Gasteiger partial charge < -0.3 is 14.7 Å². The SMILES string of the molecule is COc1cc(C(C)=NO)ccc1OCCCC(C)(C)C#N. The van der Waals surface area contributed by atoms with E-state index in [-0.39, 0.29) is 5.41 Å². The van der Waals surface area contributed by atoms with Crippen LogP contribution in [0.15, 0.2) is 23.4 Å². The van der Waals surface area contributed by atoms with Crippen LogP contribution in [-0.2, 0) is 0 Å². The van der Waals surface area contributed by atoms with Crippen molar-refractivity contribution in [3.63, 3.8) is 0 Å². The van der Waals surface area contributed by atoms with Gasteiger partial charge in [0.2, 0.25) is 0 Å². The molecule has 0 aliphatic rings. The minimum atomic E-state index is -0.327. The minimum Gasteiger partial charge on any atom is -0.493 e. The molecule has 0 aromatic heterocycles. The Kier molecular flexibility index (Phi) is 6.04. The predicted molar refractivity (Wildman–Crippen MR) is 81.1 cm³/mol. The number of nitrogens with zero attached hydrogens (tertiary/aromatic N) is 2. The Morgan fingerprint density at radius 2 is 2.10 bits per heavy atom. The number of benzene rings is 1. The van der Waals surface area contributed by atoms with Gasteiger partial charge in [0.25, 0.3) is 0 Å². The molecule has 1 aromatic carbocycles. The first-order valence-corrected chi connectivity index (χ1v) is 6.84. The highest BCUT2D eigenvalue weighted by Gasteiger charge is 2.16. The molecular weight excluding hydrogens is 268 g/mol. The summed E-state index contributed by atoms with van der Waals surface area (Å²) in [5.41, 5.74) is 0.953. The van der Waals surface area contributed by atoms with Crippen LogP contribution in [0.1, 0.15) is 39.2 Å². The summed E-state index contributed by atoms with van der Waals surface area (Å²) in [5.74, 6) is 1.23. The molecule has 0 radical (unpaired) electrons. The van der Waals surface area contributed by atoms with E-state index in [4.69, 9.17) is 19.9 Å². The third-order valence-electron chi connectivity index (χ3n) is 3.24. The van der Waals surface area contributed by atoms with E-state index in [2.05, 4.69) is 11.2 Å². The number of methoxy groups -OCH3 is 1. The quantitative estimate of drug-likeness (QED) is 0.360. The van der Waals surface area contributed by atoms with Gasteiger partial charge in [0, 0.05) is 5.56 Å². The first kappa shape index (κ1) is 16.8. The van der Waals surface area contributed by atoms with Gasteiger partial charge >= 0.3 is 0 Å². The van der Waals surface area contributed by atoms with Crippen molar-refractivity contribution in [3.8, 4) is 17.6 Å².